The number of hydrazone groups is 1. The minimum atomic E-state index is -0.384. The van der Waals surface area contributed by atoms with Gasteiger partial charge >= 0.3 is 0 Å². The van der Waals surface area contributed by atoms with Crippen LogP contribution in [-0.4, -0.2) is 44.1 Å². The molecule has 8 heteroatoms. The van der Waals surface area contributed by atoms with Crippen LogP contribution in [0.15, 0.2) is 59.0 Å². The van der Waals surface area contributed by atoms with Crippen molar-refractivity contribution in [3.63, 3.8) is 0 Å². The summed E-state index contributed by atoms with van der Waals surface area (Å²) >= 11 is 1.31. The number of hydrogen-bond acceptors (Lipinski definition) is 6. The van der Waals surface area contributed by atoms with Crippen LogP contribution in [0.1, 0.15) is 37.4 Å². The van der Waals surface area contributed by atoms with E-state index in [1.807, 2.05) is 73.8 Å². The van der Waals surface area contributed by atoms with Gasteiger partial charge in [-0.2, -0.15) is 5.10 Å². The Morgan fingerprint density at radius 2 is 1.88 bits per heavy atom. The fourth-order valence-electron chi connectivity index (χ4n) is 3.08. The highest BCUT2D eigenvalue weighted by Gasteiger charge is 2.19. The molecule has 0 unspecified atom stereocenters. The maximum Gasteiger partial charge on any atom is 0.274 e. The van der Waals surface area contributed by atoms with E-state index in [1.165, 1.54) is 11.3 Å². The molecular weight excluding hydrogens is 424 g/mol. The van der Waals surface area contributed by atoms with Crippen molar-refractivity contribution in [1.82, 2.24) is 10.3 Å². The quantitative estimate of drug-likeness (QED) is 0.399. The van der Waals surface area contributed by atoms with Crippen LogP contribution in [0.4, 0.5) is 5.00 Å². The van der Waals surface area contributed by atoms with E-state index in [1.54, 1.807) is 19.4 Å². The minimum Gasteiger partial charge on any atom is -0.497 e. The second kappa shape index (κ2) is 10.7. The number of amides is 2. The Morgan fingerprint density at radius 3 is 2.56 bits per heavy atom. The van der Waals surface area contributed by atoms with Crippen molar-refractivity contribution < 1.29 is 14.3 Å². The zero-order chi connectivity index (χ0) is 23.1. The lowest BCUT2D eigenvalue weighted by Gasteiger charge is -2.11. The lowest BCUT2D eigenvalue weighted by atomic mass is 10.1. The van der Waals surface area contributed by atoms with Crippen molar-refractivity contribution >= 4 is 34.4 Å². The van der Waals surface area contributed by atoms with Gasteiger partial charge in [0.25, 0.3) is 11.8 Å². The Labute approximate surface area is 191 Å². The van der Waals surface area contributed by atoms with Crippen molar-refractivity contribution in [3.05, 3.63) is 81.7 Å². The summed E-state index contributed by atoms with van der Waals surface area (Å²) in [5, 5.41) is 9.22. The lowest BCUT2D eigenvalue weighted by molar-refractivity contribution is 0.0956. The molecule has 32 heavy (non-hydrogen) atoms. The standard InChI is InChI=1S/C24H26N4O3S/c1-16-15-32-24(26-22(29)19-7-5-6-18(12-19)14-28(2)3)21(16)23(30)27-25-13-17-8-10-20(31-4)11-9-17/h5-13,15H,14H2,1-4H3,(H,26,29)(H,27,30). The monoisotopic (exact) mass is 450 g/mol. The van der Waals surface area contributed by atoms with Crippen molar-refractivity contribution in [2.45, 2.75) is 13.5 Å². The first-order valence-corrected chi connectivity index (χ1v) is 10.9. The van der Waals surface area contributed by atoms with E-state index >= 15 is 0 Å². The highest BCUT2D eigenvalue weighted by Crippen LogP contribution is 2.28. The van der Waals surface area contributed by atoms with Gasteiger partial charge in [-0.15, -0.1) is 11.3 Å². The highest BCUT2D eigenvalue weighted by atomic mass is 32.1. The number of hydrogen-bond donors (Lipinski definition) is 2. The lowest BCUT2D eigenvalue weighted by Crippen LogP contribution is -2.21. The Balaban J connectivity index is 1.69. The van der Waals surface area contributed by atoms with Crippen molar-refractivity contribution in [2.75, 3.05) is 26.5 Å². The van der Waals surface area contributed by atoms with E-state index in [4.69, 9.17) is 4.74 Å². The summed E-state index contributed by atoms with van der Waals surface area (Å²) in [6.45, 7) is 2.56. The predicted octanol–water partition coefficient (Wildman–Crippen LogP) is 4.14. The normalized spacial score (nSPS) is 11.0. The molecular formula is C24H26N4O3S. The second-order valence-electron chi connectivity index (χ2n) is 7.49. The predicted molar refractivity (Wildman–Crippen MR) is 129 cm³/mol. The molecule has 0 saturated heterocycles. The van der Waals surface area contributed by atoms with E-state index in [2.05, 4.69) is 15.8 Å². The molecule has 7 nitrogen and oxygen atoms in total. The van der Waals surface area contributed by atoms with Gasteiger partial charge in [-0.3, -0.25) is 9.59 Å². The number of carbonyl (C=O) groups excluding carboxylic acids is 2. The summed E-state index contributed by atoms with van der Waals surface area (Å²) in [7, 11) is 5.55. The van der Waals surface area contributed by atoms with Gasteiger partial charge in [-0.1, -0.05) is 12.1 Å². The first kappa shape index (κ1) is 23.2. The number of nitrogens with one attached hydrogen (secondary N) is 2. The molecule has 166 valence electrons. The summed E-state index contributed by atoms with van der Waals surface area (Å²) in [5.41, 5.74) is 6.10. The average molecular weight is 451 g/mol. The Morgan fingerprint density at radius 1 is 1.12 bits per heavy atom. The zero-order valence-electron chi connectivity index (χ0n) is 18.5. The third-order valence-corrected chi connectivity index (χ3v) is 5.63. The van der Waals surface area contributed by atoms with Crippen LogP contribution < -0.4 is 15.5 Å². The smallest absolute Gasteiger partial charge is 0.274 e. The number of methoxy groups -OCH3 is 1. The third-order valence-electron chi connectivity index (χ3n) is 4.61. The van der Waals surface area contributed by atoms with Crippen LogP contribution in [0.2, 0.25) is 0 Å². The maximum absolute atomic E-state index is 12.8. The Bertz CT molecular complexity index is 1120. The number of ether oxygens (including phenoxy) is 1. The van der Waals surface area contributed by atoms with Crippen LogP contribution in [0.5, 0.6) is 5.75 Å². The van der Waals surface area contributed by atoms with Crippen LogP contribution in [0.3, 0.4) is 0 Å². The van der Waals surface area contributed by atoms with Crippen molar-refractivity contribution in [1.29, 1.82) is 0 Å². The summed E-state index contributed by atoms with van der Waals surface area (Å²) in [5.74, 6) is 0.0983. The molecule has 2 amide bonds. The van der Waals surface area contributed by atoms with Crippen LogP contribution >= 0.6 is 11.3 Å². The van der Waals surface area contributed by atoms with Gasteiger partial charge in [-0.25, -0.2) is 5.43 Å². The summed E-state index contributed by atoms with van der Waals surface area (Å²) in [4.78, 5) is 27.6. The number of aryl methyl sites for hydroxylation is 1. The maximum atomic E-state index is 12.8. The number of nitrogens with zero attached hydrogens (tertiary/aromatic N) is 2. The Hall–Kier alpha value is -3.49. The molecule has 0 aliphatic carbocycles. The summed E-state index contributed by atoms with van der Waals surface area (Å²) in [6.07, 6.45) is 1.55. The van der Waals surface area contributed by atoms with E-state index in [9.17, 15) is 9.59 Å². The molecule has 0 aliphatic heterocycles. The van der Waals surface area contributed by atoms with Gasteiger partial charge in [0.2, 0.25) is 0 Å². The average Bonchev–Trinajstić information content (AvgIpc) is 3.13. The minimum absolute atomic E-state index is 0.261. The first-order chi connectivity index (χ1) is 15.4. The highest BCUT2D eigenvalue weighted by molar-refractivity contribution is 7.15. The van der Waals surface area contributed by atoms with Gasteiger partial charge < -0.3 is 15.0 Å². The van der Waals surface area contributed by atoms with Gasteiger partial charge in [0.1, 0.15) is 10.8 Å². The molecule has 1 heterocycles. The molecule has 3 aromatic rings. The number of thiophene rings is 1. The van der Waals surface area contributed by atoms with Crippen molar-refractivity contribution in [3.8, 4) is 5.75 Å². The molecule has 3 rings (SSSR count). The van der Waals surface area contributed by atoms with Crippen LogP contribution in [0.25, 0.3) is 0 Å². The summed E-state index contributed by atoms with van der Waals surface area (Å²) in [6, 6.07) is 14.7. The van der Waals surface area contributed by atoms with E-state index in [0.29, 0.717) is 16.1 Å². The number of anilines is 1. The number of rotatable bonds is 8. The topological polar surface area (TPSA) is 83.0 Å². The molecule has 0 atom stereocenters. The van der Waals surface area contributed by atoms with E-state index in [0.717, 1.165) is 29.0 Å². The zero-order valence-corrected chi connectivity index (χ0v) is 19.3. The number of benzene rings is 2. The molecule has 0 radical (unpaired) electrons. The van der Waals surface area contributed by atoms with Crippen molar-refractivity contribution in [2.24, 2.45) is 5.10 Å². The second-order valence-corrected chi connectivity index (χ2v) is 8.37. The first-order valence-electron chi connectivity index (χ1n) is 9.98. The number of carbonyl (C=O) groups is 2. The van der Waals surface area contributed by atoms with Gasteiger partial charge in [-0.05, 0) is 79.5 Å². The fraction of sp³-hybridized carbons (Fsp3) is 0.208. The molecule has 0 saturated carbocycles. The van der Waals surface area contributed by atoms with Gasteiger partial charge in [0, 0.05) is 12.1 Å². The largest absolute Gasteiger partial charge is 0.497 e. The van der Waals surface area contributed by atoms with Crippen LogP contribution in [-0.2, 0) is 6.54 Å². The van der Waals surface area contributed by atoms with E-state index in [-0.39, 0.29) is 11.8 Å². The molecule has 0 fully saturated rings. The SMILES string of the molecule is COc1ccc(C=NNC(=O)c2c(C)csc2NC(=O)c2cccc(CN(C)C)c2)cc1. The molecule has 2 N–H and O–H groups in total. The van der Waals surface area contributed by atoms with Gasteiger partial charge in [0.05, 0.1) is 18.9 Å². The molecule has 0 spiro atoms. The third kappa shape index (κ3) is 6.03. The Kier molecular flexibility index (Phi) is 7.75. The molecule has 1 aromatic heterocycles. The fourth-order valence-corrected chi connectivity index (χ4v) is 4.02. The summed E-state index contributed by atoms with van der Waals surface area (Å²) < 4.78 is 5.12. The van der Waals surface area contributed by atoms with Gasteiger partial charge in [0.15, 0.2) is 0 Å². The molecule has 2 aromatic carbocycles. The van der Waals surface area contributed by atoms with E-state index < -0.39 is 0 Å². The molecule has 0 bridgehead atoms. The molecule has 0 aliphatic rings. The van der Waals surface area contributed by atoms with Crippen LogP contribution in [0, 0.1) is 6.92 Å².